The number of hydrogen-bond acceptors (Lipinski definition) is 0. The first kappa shape index (κ1) is 45.4. The van der Waals surface area contributed by atoms with Gasteiger partial charge in [-0.15, -0.1) is 12.8 Å². The molecular weight excluding hydrogens is 528 g/mol. The fraction of sp³-hybridized carbons (Fsp3) is 0.500. The molecule has 0 saturated carbocycles. The van der Waals surface area contributed by atoms with E-state index < -0.39 is 0 Å². The van der Waals surface area contributed by atoms with Gasteiger partial charge < -0.3 is 0 Å². The first-order valence-electron chi connectivity index (χ1n) is 16.0. The van der Waals surface area contributed by atoms with E-state index in [0.29, 0.717) is 17.8 Å². The fourth-order valence-electron chi connectivity index (χ4n) is 5.38. The molecule has 0 aliphatic heterocycles. The molecule has 0 bridgehead atoms. The quantitative estimate of drug-likeness (QED) is 0.110. The zero-order chi connectivity index (χ0) is 31.8. The third kappa shape index (κ3) is 9.00. The average molecular weight is 599 g/mol. The lowest BCUT2D eigenvalue weighted by Crippen LogP contribution is -2.11. The minimum absolute atomic E-state index is 0. The van der Waals surface area contributed by atoms with Crippen LogP contribution in [0, 0.1) is 12.8 Å². The zero-order valence-corrected chi connectivity index (χ0v) is 29.0. The van der Waals surface area contributed by atoms with Crippen LogP contribution in [0.15, 0.2) is 48.5 Å². The van der Waals surface area contributed by atoms with E-state index in [0.717, 1.165) is 0 Å². The molecule has 0 N–H and O–H groups in total. The van der Waals surface area contributed by atoms with E-state index in [2.05, 4.69) is 124 Å². The summed E-state index contributed by atoms with van der Waals surface area (Å²) in [5.74, 6) is 1.51. The van der Waals surface area contributed by atoms with E-state index in [9.17, 15) is 0 Å². The molecule has 0 heterocycles. The Bertz CT molecular complexity index is 1540. The van der Waals surface area contributed by atoms with Gasteiger partial charge in [0.2, 0.25) is 0 Å². The summed E-state index contributed by atoms with van der Waals surface area (Å²) in [5, 5.41) is 11.3. The zero-order valence-electron chi connectivity index (χ0n) is 29.0. The van der Waals surface area contributed by atoms with Crippen LogP contribution in [0.4, 0.5) is 0 Å². The lowest BCUT2D eigenvalue weighted by atomic mass is 9.80. The second-order valence-corrected chi connectivity index (χ2v) is 12.1. The Morgan fingerprint density at radius 3 is 0.932 bits per heavy atom. The molecule has 246 valence electrons. The van der Waals surface area contributed by atoms with Gasteiger partial charge in [-0.25, -0.2) is 0 Å². The molecule has 5 aromatic rings. The van der Waals surface area contributed by atoms with Crippen molar-refractivity contribution in [2.75, 3.05) is 0 Å². The first-order valence-corrected chi connectivity index (χ1v) is 16.0. The topological polar surface area (TPSA) is 0 Å². The molecule has 0 unspecified atom stereocenters. The van der Waals surface area contributed by atoms with Gasteiger partial charge in [-0.05, 0) is 94.6 Å². The Morgan fingerprint density at radius 1 is 0.432 bits per heavy atom. The molecule has 0 nitrogen and oxygen atoms in total. The van der Waals surface area contributed by atoms with Crippen LogP contribution in [-0.2, 0) is 5.41 Å². The van der Waals surface area contributed by atoms with Crippen LogP contribution in [0.1, 0.15) is 166 Å². The van der Waals surface area contributed by atoms with Crippen LogP contribution in [0.5, 0.6) is 0 Å². The Morgan fingerprint density at radius 2 is 0.682 bits per heavy atom. The first-order chi connectivity index (χ1) is 19.5. The van der Waals surface area contributed by atoms with E-state index in [-0.39, 0.29) is 27.7 Å². The molecule has 0 fully saturated rings. The van der Waals surface area contributed by atoms with Crippen LogP contribution >= 0.6 is 0 Å². The number of benzene rings is 5. The Hall–Kier alpha value is -3.04. The van der Waals surface area contributed by atoms with Crippen LogP contribution in [0.2, 0.25) is 0 Å². The molecule has 0 aliphatic rings. The SMILES string of the molecule is C.C.C.C#C.CC.CC.CC.CC(C)c1cc2cc(C(C)C)cc3c4cc(C(C)(C)C)cc5cc(C(C)C)cc(c(c1)c23)c54. The molecule has 0 amide bonds. The van der Waals surface area contributed by atoms with Gasteiger partial charge in [0.1, 0.15) is 0 Å². The van der Waals surface area contributed by atoms with Crippen molar-refractivity contribution >= 4 is 43.1 Å². The van der Waals surface area contributed by atoms with Crippen LogP contribution < -0.4 is 0 Å². The fourth-order valence-corrected chi connectivity index (χ4v) is 5.38. The highest BCUT2D eigenvalue weighted by atomic mass is 14.2. The molecule has 0 aliphatic carbocycles. The summed E-state index contributed by atoms with van der Waals surface area (Å²) < 4.78 is 0. The molecule has 0 heteroatoms. The monoisotopic (exact) mass is 599 g/mol. The van der Waals surface area contributed by atoms with Gasteiger partial charge in [0.25, 0.3) is 0 Å². The average Bonchev–Trinajstić information content (AvgIpc) is 2.98. The summed E-state index contributed by atoms with van der Waals surface area (Å²) in [4.78, 5) is 0. The summed E-state index contributed by atoms with van der Waals surface area (Å²) in [6.45, 7) is 32.9. The predicted molar refractivity (Wildman–Crippen MR) is 213 cm³/mol. The van der Waals surface area contributed by atoms with Crippen LogP contribution in [0.3, 0.4) is 0 Å². The van der Waals surface area contributed by atoms with Crippen molar-refractivity contribution in [2.45, 2.75) is 149 Å². The van der Waals surface area contributed by atoms with Crippen molar-refractivity contribution in [1.29, 1.82) is 0 Å². The summed E-state index contributed by atoms with van der Waals surface area (Å²) >= 11 is 0. The van der Waals surface area contributed by atoms with Gasteiger partial charge in [-0.3, -0.25) is 0 Å². The van der Waals surface area contributed by atoms with Crippen molar-refractivity contribution in [2.24, 2.45) is 0 Å². The maximum Gasteiger partial charge on any atom is -0.00260 e. The number of hydrogen-bond donors (Lipinski definition) is 0. The van der Waals surface area contributed by atoms with Gasteiger partial charge in [0.15, 0.2) is 0 Å². The molecule has 44 heavy (non-hydrogen) atoms. The standard InChI is InChI=1S/C33H38.3C2H6.C2H2.3CH4/c1-18(2)21-10-24-11-22(19(3)4)16-29-30-17-26(33(7,8)9)13-25-12-23(20(5)6)15-28(32(25)30)27(14-21)31(24)29;4*1-2;;;/h10-20H,1-9H3;3*1-2H3;1-2H;3*1H4. The van der Waals surface area contributed by atoms with Crippen molar-refractivity contribution < 1.29 is 0 Å². The van der Waals surface area contributed by atoms with Gasteiger partial charge >= 0.3 is 0 Å². The number of rotatable bonds is 3. The molecule has 5 rings (SSSR count). The van der Waals surface area contributed by atoms with Crippen molar-refractivity contribution in [3.8, 4) is 12.8 Å². The summed E-state index contributed by atoms with van der Waals surface area (Å²) in [5.41, 5.74) is 5.82. The van der Waals surface area contributed by atoms with E-state index >= 15 is 0 Å². The van der Waals surface area contributed by atoms with Crippen LogP contribution in [-0.4, -0.2) is 0 Å². The molecule has 0 atom stereocenters. The molecule has 0 radical (unpaired) electrons. The van der Waals surface area contributed by atoms with Gasteiger partial charge in [0, 0.05) is 0 Å². The molecule has 0 spiro atoms. The summed E-state index contributed by atoms with van der Waals surface area (Å²) in [6, 6.07) is 19.7. The maximum atomic E-state index is 4.00. The highest BCUT2D eigenvalue weighted by Crippen LogP contribution is 2.45. The molecule has 0 saturated heterocycles. The summed E-state index contributed by atoms with van der Waals surface area (Å²) in [7, 11) is 0. The van der Waals surface area contributed by atoms with Crippen molar-refractivity contribution in [1.82, 2.24) is 0 Å². The predicted octanol–water partition coefficient (Wildman–Crippen LogP) is 15.6. The third-order valence-corrected chi connectivity index (χ3v) is 7.61. The lowest BCUT2D eigenvalue weighted by molar-refractivity contribution is 0.592. The molecular formula is C44H70. The van der Waals surface area contributed by atoms with E-state index in [1.807, 2.05) is 41.5 Å². The molecule has 0 aromatic heterocycles. The van der Waals surface area contributed by atoms with Crippen molar-refractivity contribution in [3.63, 3.8) is 0 Å². The highest BCUT2D eigenvalue weighted by Gasteiger charge is 2.21. The number of fused-ring (bicyclic) bond motifs is 2. The smallest absolute Gasteiger partial charge is 0.00260 e. The minimum atomic E-state index is 0. The van der Waals surface area contributed by atoms with Gasteiger partial charge in [-0.1, -0.05) is 169 Å². The Labute approximate surface area is 275 Å². The van der Waals surface area contributed by atoms with E-state index in [1.165, 1.54) is 65.3 Å². The van der Waals surface area contributed by atoms with Crippen LogP contribution in [0.25, 0.3) is 43.1 Å². The molecule has 5 aromatic carbocycles. The summed E-state index contributed by atoms with van der Waals surface area (Å²) in [6.07, 6.45) is 8.00. The highest BCUT2D eigenvalue weighted by molar-refractivity contribution is 6.33. The van der Waals surface area contributed by atoms with Gasteiger partial charge in [0.05, 0.1) is 0 Å². The Balaban J connectivity index is -0.00000142. The third-order valence-electron chi connectivity index (χ3n) is 7.61. The second kappa shape index (κ2) is 19.4. The van der Waals surface area contributed by atoms with E-state index in [1.54, 1.807) is 0 Å². The normalized spacial score (nSPS) is 10.4. The minimum Gasteiger partial charge on any atom is -0.124 e. The van der Waals surface area contributed by atoms with Gasteiger partial charge in [-0.2, -0.15) is 0 Å². The maximum absolute atomic E-state index is 4.00. The lowest BCUT2D eigenvalue weighted by Gasteiger charge is -2.24. The Kier molecular flexibility index (Phi) is 20.0. The van der Waals surface area contributed by atoms with E-state index in [4.69, 9.17) is 0 Å². The van der Waals surface area contributed by atoms with Crippen molar-refractivity contribution in [3.05, 3.63) is 70.8 Å². The largest absolute Gasteiger partial charge is 0.124 e. The number of terminal acetylenes is 1. The second-order valence-electron chi connectivity index (χ2n) is 12.1.